The van der Waals surface area contributed by atoms with E-state index in [2.05, 4.69) is 40.7 Å². The van der Waals surface area contributed by atoms with E-state index in [0.29, 0.717) is 29.6 Å². The largest absolute Gasteiger partial charge is 0.393 e. The van der Waals surface area contributed by atoms with Crippen molar-refractivity contribution in [1.29, 1.82) is 0 Å². The molecule has 0 saturated heterocycles. The molecule has 4 saturated carbocycles. The van der Waals surface area contributed by atoms with Gasteiger partial charge < -0.3 is 15.3 Å². The van der Waals surface area contributed by atoms with E-state index in [1.807, 2.05) is 0 Å². The van der Waals surface area contributed by atoms with E-state index in [1.165, 1.54) is 44.1 Å². The zero-order chi connectivity index (χ0) is 21.9. The summed E-state index contributed by atoms with van der Waals surface area (Å²) in [7, 11) is 0. The first kappa shape index (κ1) is 22.8. The van der Waals surface area contributed by atoms with Crippen LogP contribution in [0, 0.1) is 40.4 Å². The summed E-state index contributed by atoms with van der Waals surface area (Å²) in [5.41, 5.74) is 0.427. The molecule has 3 heteroatoms. The zero-order valence-electron chi connectivity index (χ0n) is 20.0. The van der Waals surface area contributed by atoms with Crippen molar-refractivity contribution in [1.82, 2.24) is 0 Å². The van der Waals surface area contributed by atoms with Crippen LogP contribution in [0.5, 0.6) is 0 Å². The second-order valence-electron chi connectivity index (χ2n) is 12.4. The fourth-order valence-electron chi connectivity index (χ4n) is 9.07. The minimum absolute atomic E-state index is 0.261. The average molecular weight is 419 g/mol. The highest BCUT2D eigenvalue weighted by atomic mass is 16.3. The molecule has 0 spiro atoms. The SMILES string of the molecule is CC(C)=CCC[C@@H](C)[C@H]1CCC2C3C[C@@H](O)[C@@]4(O)C[C@@H](O)CC[C@]4(C)C3CC[C@@]21C. The summed E-state index contributed by atoms with van der Waals surface area (Å²) < 4.78 is 0. The van der Waals surface area contributed by atoms with Gasteiger partial charge in [0.15, 0.2) is 0 Å². The molecule has 30 heavy (non-hydrogen) atoms. The van der Waals surface area contributed by atoms with Crippen LogP contribution in [-0.4, -0.2) is 33.1 Å². The van der Waals surface area contributed by atoms with E-state index in [-0.39, 0.29) is 5.41 Å². The number of aliphatic hydroxyl groups is 3. The average Bonchev–Trinajstić information content (AvgIpc) is 3.01. The minimum atomic E-state index is -1.12. The monoisotopic (exact) mass is 418 g/mol. The van der Waals surface area contributed by atoms with E-state index >= 15 is 0 Å². The lowest BCUT2D eigenvalue weighted by molar-refractivity contribution is -0.264. The molecule has 4 rings (SSSR count). The molecular weight excluding hydrogens is 372 g/mol. The molecule has 3 nitrogen and oxygen atoms in total. The van der Waals surface area contributed by atoms with Crippen LogP contribution in [0.4, 0.5) is 0 Å². The molecule has 0 aliphatic heterocycles. The molecule has 0 aromatic heterocycles. The zero-order valence-corrected chi connectivity index (χ0v) is 20.0. The predicted molar refractivity (Wildman–Crippen MR) is 122 cm³/mol. The van der Waals surface area contributed by atoms with Gasteiger partial charge in [-0.25, -0.2) is 0 Å². The van der Waals surface area contributed by atoms with Crippen molar-refractivity contribution in [3.63, 3.8) is 0 Å². The Hall–Kier alpha value is -0.380. The summed E-state index contributed by atoms with van der Waals surface area (Å²) >= 11 is 0. The lowest BCUT2D eigenvalue weighted by atomic mass is 9.42. The van der Waals surface area contributed by atoms with E-state index in [0.717, 1.165) is 31.1 Å². The van der Waals surface area contributed by atoms with E-state index < -0.39 is 17.8 Å². The summed E-state index contributed by atoms with van der Waals surface area (Å²) in [6.07, 6.45) is 11.4. The Morgan fingerprint density at radius 1 is 1.03 bits per heavy atom. The summed E-state index contributed by atoms with van der Waals surface area (Å²) in [6.45, 7) is 11.7. The van der Waals surface area contributed by atoms with Gasteiger partial charge in [0.1, 0.15) is 0 Å². The molecule has 172 valence electrons. The maximum Gasteiger partial charge on any atom is 0.0985 e. The molecule has 4 aliphatic carbocycles. The Labute approximate surface area is 184 Å². The molecule has 0 aromatic rings. The smallest absolute Gasteiger partial charge is 0.0985 e. The van der Waals surface area contributed by atoms with Gasteiger partial charge in [-0.05, 0) is 107 Å². The van der Waals surface area contributed by atoms with Crippen molar-refractivity contribution in [2.45, 2.75) is 117 Å². The van der Waals surface area contributed by atoms with Gasteiger partial charge in [0, 0.05) is 11.8 Å². The topological polar surface area (TPSA) is 60.7 Å². The Bertz CT molecular complexity index is 669. The molecule has 0 radical (unpaired) electrons. The molecule has 4 fully saturated rings. The molecular formula is C27H46O3. The van der Waals surface area contributed by atoms with Crippen LogP contribution < -0.4 is 0 Å². The fourth-order valence-corrected chi connectivity index (χ4v) is 9.07. The van der Waals surface area contributed by atoms with Crippen LogP contribution in [0.15, 0.2) is 11.6 Å². The van der Waals surface area contributed by atoms with Gasteiger partial charge in [-0.3, -0.25) is 0 Å². The first-order valence-corrected chi connectivity index (χ1v) is 12.7. The third-order valence-corrected chi connectivity index (χ3v) is 10.8. The summed E-state index contributed by atoms with van der Waals surface area (Å²) in [5, 5.41) is 33.0. The number of hydrogen-bond donors (Lipinski definition) is 3. The maximum atomic E-state index is 11.6. The molecule has 10 atom stereocenters. The first-order valence-electron chi connectivity index (χ1n) is 12.7. The molecule has 4 aliphatic rings. The third-order valence-electron chi connectivity index (χ3n) is 10.8. The molecule has 3 unspecified atom stereocenters. The lowest BCUT2D eigenvalue weighted by Crippen LogP contribution is -2.68. The van der Waals surface area contributed by atoms with Crippen molar-refractivity contribution in [3.8, 4) is 0 Å². The van der Waals surface area contributed by atoms with Crippen LogP contribution in [0.3, 0.4) is 0 Å². The van der Waals surface area contributed by atoms with Gasteiger partial charge in [0.05, 0.1) is 17.8 Å². The van der Waals surface area contributed by atoms with Crippen molar-refractivity contribution < 1.29 is 15.3 Å². The van der Waals surface area contributed by atoms with Crippen LogP contribution >= 0.6 is 0 Å². The number of fused-ring (bicyclic) bond motifs is 5. The molecule has 0 amide bonds. The van der Waals surface area contributed by atoms with Crippen molar-refractivity contribution in [2.75, 3.05) is 0 Å². The second-order valence-corrected chi connectivity index (χ2v) is 12.4. The minimum Gasteiger partial charge on any atom is -0.393 e. The number of allylic oxidation sites excluding steroid dienone is 2. The van der Waals surface area contributed by atoms with E-state index in [4.69, 9.17) is 0 Å². The van der Waals surface area contributed by atoms with Gasteiger partial charge in [-0.15, -0.1) is 0 Å². The highest BCUT2D eigenvalue weighted by Crippen LogP contribution is 2.69. The van der Waals surface area contributed by atoms with Gasteiger partial charge in [-0.1, -0.05) is 32.4 Å². The normalized spacial score (nSPS) is 51.5. The third kappa shape index (κ3) is 3.33. The Morgan fingerprint density at radius 2 is 1.77 bits per heavy atom. The highest BCUT2D eigenvalue weighted by Gasteiger charge is 2.67. The fraction of sp³-hybridized carbons (Fsp3) is 0.926. The van der Waals surface area contributed by atoms with Crippen molar-refractivity contribution >= 4 is 0 Å². The van der Waals surface area contributed by atoms with Gasteiger partial charge in [-0.2, -0.15) is 0 Å². The summed E-state index contributed by atoms with van der Waals surface area (Å²) in [4.78, 5) is 0. The van der Waals surface area contributed by atoms with Crippen LogP contribution in [0.1, 0.15) is 98.8 Å². The summed E-state index contributed by atoms with van der Waals surface area (Å²) in [6, 6.07) is 0. The van der Waals surface area contributed by atoms with Crippen LogP contribution in [-0.2, 0) is 0 Å². The van der Waals surface area contributed by atoms with Crippen molar-refractivity contribution in [2.24, 2.45) is 40.4 Å². The van der Waals surface area contributed by atoms with Gasteiger partial charge in [0.2, 0.25) is 0 Å². The number of aliphatic hydroxyl groups excluding tert-OH is 2. The van der Waals surface area contributed by atoms with E-state index in [9.17, 15) is 15.3 Å². The molecule has 0 aromatic carbocycles. The predicted octanol–water partition coefficient (Wildman–Crippen LogP) is 5.47. The van der Waals surface area contributed by atoms with Crippen molar-refractivity contribution in [3.05, 3.63) is 11.6 Å². The number of rotatable bonds is 4. The first-order chi connectivity index (χ1) is 14.0. The van der Waals surface area contributed by atoms with Gasteiger partial charge >= 0.3 is 0 Å². The van der Waals surface area contributed by atoms with Crippen LogP contribution in [0.2, 0.25) is 0 Å². The quantitative estimate of drug-likeness (QED) is 0.530. The number of hydrogen-bond acceptors (Lipinski definition) is 3. The second kappa shape index (κ2) is 7.89. The Balaban J connectivity index is 1.55. The Kier molecular flexibility index (Phi) is 5.99. The van der Waals surface area contributed by atoms with Crippen LogP contribution in [0.25, 0.3) is 0 Å². The lowest BCUT2D eigenvalue weighted by Gasteiger charge is -2.65. The maximum absolute atomic E-state index is 11.6. The molecule has 0 bridgehead atoms. The van der Waals surface area contributed by atoms with E-state index in [1.54, 1.807) is 0 Å². The highest BCUT2D eigenvalue weighted by molar-refractivity contribution is 5.17. The Morgan fingerprint density at radius 3 is 2.47 bits per heavy atom. The summed E-state index contributed by atoms with van der Waals surface area (Å²) in [5.74, 6) is 3.21. The standard InChI is InChI=1S/C27H46O3/c1-17(2)7-6-8-18(3)21-9-10-22-20-15-24(29)27(30)16-19(28)11-14-26(27,5)23(20)12-13-25(21,22)4/h7,18-24,28-30H,6,8-16H2,1-5H3/t18-,19+,20?,21-,22?,23?,24-,25-,26-,27+/m1/s1. The molecule has 0 heterocycles. The van der Waals surface area contributed by atoms with Gasteiger partial charge in [0.25, 0.3) is 0 Å². The molecule has 3 N–H and O–H groups in total.